The molecule has 20 heavy (non-hydrogen) atoms. The van der Waals surface area contributed by atoms with E-state index in [2.05, 4.69) is 39.6 Å². The first kappa shape index (κ1) is 12.7. The van der Waals surface area contributed by atoms with E-state index in [1.165, 1.54) is 17.5 Å². The summed E-state index contributed by atoms with van der Waals surface area (Å²) in [5.74, 6) is 1.07. The van der Waals surface area contributed by atoms with E-state index in [4.69, 9.17) is 10.5 Å². The van der Waals surface area contributed by atoms with Crippen LogP contribution in [-0.4, -0.2) is 23.1 Å². The summed E-state index contributed by atoms with van der Waals surface area (Å²) in [4.78, 5) is 8.20. The first-order valence-corrected chi connectivity index (χ1v) is 6.75. The fraction of sp³-hybridized carbons (Fsp3) is 0.333. The third-order valence-electron chi connectivity index (χ3n) is 3.73. The zero-order valence-corrected chi connectivity index (χ0v) is 11.5. The molecular formula is C15H18N4O. The number of nitrogen functional groups attached to an aromatic ring is 1. The molecule has 3 rings (SSSR count). The first-order valence-electron chi connectivity index (χ1n) is 6.75. The van der Waals surface area contributed by atoms with Gasteiger partial charge >= 0.3 is 0 Å². The molecule has 1 aliphatic rings. The highest BCUT2D eigenvalue weighted by Crippen LogP contribution is 2.28. The third kappa shape index (κ3) is 2.39. The van der Waals surface area contributed by atoms with Gasteiger partial charge in [0.25, 0.3) is 0 Å². The Morgan fingerprint density at radius 1 is 1.25 bits per heavy atom. The van der Waals surface area contributed by atoms with Gasteiger partial charge in [0.2, 0.25) is 5.88 Å². The Kier molecular flexibility index (Phi) is 3.41. The minimum atomic E-state index is 0.340. The van der Waals surface area contributed by atoms with Crippen LogP contribution in [0.1, 0.15) is 17.5 Å². The standard InChI is InChI=1S/C15H18N4O/c1-20-15-13(16)14(17-9-18-15)19-12-7-6-10-4-2-3-5-11(10)8-12/h2-5,9,12H,6-8,16H2,1H3,(H,17,18,19). The highest BCUT2D eigenvalue weighted by Gasteiger charge is 2.20. The molecule has 0 radical (unpaired) electrons. The van der Waals surface area contributed by atoms with Crippen molar-refractivity contribution < 1.29 is 4.74 Å². The molecule has 2 aromatic rings. The van der Waals surface area contributed by atoms with E-state index in [9.17, 15) is 0 Å². The molecule has 0 saturated carbocycles. The Morgan fingerprint density at radius 3 is 2.85 bits per heavy atom. The van der Waals surface area contributed by atoms with E-state index in [1.807, 2.05) is 0 Å². The average Bonchev–Trinajstić information content (AvgIpc) is 2.49. The van der Waals surface area contributed by atoms with Gasteiger partial charge in [-0.3, -0.25) is 0 Å². The van der Waals surface area contributed by atoms with Crippen LogP contribution in [0.3, 0.4) is 0 Å². The number of hydrogen-bond donors (Lipinski definition) is 2. The second-order valence-electron chi connectivity index (χ2n) is 5.00. The van der Waals surface area contributed by atoms with Gasteiger partial charge in [-0.25, -0.2) is 4.98 Å². The van der Waals surface area contributed by atoms with Crippen molar-refractivity contribution in [1.82, 2.24) is 9.97 Å². The van der Waals surface area contributed by atoms with Crippen LogP contribution in [0.5, 0.6) is 5.88 Å². The molecule has 1 aromatic heterocycles. The SMILES string of the molecule is COc1ncnc(NC2CCc3ccccc3C2)c1N. The van der Waals surface area contributed by atoms with E-state index in [1.54, 1.807) is 7.11 Å². The fourth-order valence-corrected chi connectivity index (χ4v) is 2.67. The number of nitrogens with zero attached hydrogens (tertiary/aromatic N) is 2. The monoisotopic (exact) mass is 270 g/mol. The number of hydrogen-bond acceptors (Lipinski definition) is 5. The Bertz CT molecular complexity index is 615. The lowest BCUT2D eigenvalue weighted by molar-refractivity contribution is 0.399. The van der Waals surface area contributed by atoms with Crippen molar-refractivity contribution in [3.8, 4) is 5.88 Å². The van der Waals surface area contributed by atoms with Gasteiger partial charge in [-0.15, -0.1) is 0 Å². The maximum atomic E-state index is 5.99. The number of aromatic nitrogens is 2. The molecule has 0 bridgehead atoms. The van der Waals surface area contributed by atoms with Crippen molar-refractivity contribution in [1.29, 1.82) is 0 Å². The number of aryl methyl sites for hydroxylation is 1. The van der Waals surface area contributed by atoms with Crippen molar-refractivity contribution in [2.45, 2.75) is 25.3 Å². The number of nitrogens with one attached hydrogen (secondary N) is 1. The average molecular weight is 270 g/mol. The fourth-order valence-electron chi connectivity index (χ4n) is 2.67. The molecule has 1 unspecified atom stereocenters. The Morgan fingerprint density at radius 2 is 2.05 bits per heavy atom. The Hall–Kier alpha value is -2.30. The molecule has 5 heteroatoms. The highest BCUT2D eigenvalue weighted by molar-refractivity contribution is 5.66. The lowest BCUT2D eigenvalue weighted by Crippen LogP contribution is -2.28. The summed E-state index contributed by atoms with van der Waals surface area (Å²) in [6.07, 6.45) is 4.61. The summed E-state index contributed by atoms with van der Waals surface area (Å²) in [5.41, 5.74) is 9.30. The molecule has 3 N–H and O–H groups in total. The second-order valence-corrected chi connectivity index (χ2v) is 5.00. The molecule has 1 aromatic carbocycles. The van der Waals surface area contributed by atoms with E-state index in [0.717, 1.165) is 19.3 Å². The highest BCUT2D eigenvalue weighted by atomic mass is 16.5. The van der Waals surface area contributed by atoms with Gasteiger partial charge in [0.05, 0.1) is 7.11 Å². The number of rotatable bonds is 3. The van der Waals surface area contributed by atoms with E-state index in [-0.39, 0.29) is 0 Å². The van der Waals surface area contributed by atoms with Gasteiger partial charge < -0.3 is 15.8 Å². The lowest BCUT2D eigenvalue weighted by Gasteiger charge is -2.26. The van der Waals surface area contributed by atoms with E-state index < -0.39 is 0 Å². The van der Waals surface area contributed by atoms with Crippen LogP contribution in [0.4, 0.5) is 11.5 Å². The minimum absolute atomic E-state index is 0.340. The summed E-state index contributed by atoms with van der Waals surface area (Å²) >= 11 is 0. The summed E-state index contributed by atoms with van der Waals surface area (Å²) in [5, 5.41) is 3.41. The summed E-state index contributed by atoms with van der Waals surface area (Å²) in [6.45, 7) is 0. The summed E-state index contributed by atoms with van der Waals surface area (Å²) < 4.78 is 5.11. The van der Waals surface area contributed by atoms with Crippen molar-refractivity contribution >= 4 is 11.5 Å². The molecule has 104 valence electrons. The lowest BCUT2D eigenvalue weighted by atomic mass is 9.88. The number of methoxy groups -OCH3 is 1. The van der Waals surface area contributed by atoms with Crippen molar-refractivity contribution in [3.63, 3.8) is 0 Å². The zero-order chi connectivity index (χ0) is 13.9. The van der Waals surface area contributed by atoms with Crippen LogP contribution >= 0.6 is 0 Å². The minimum Gasteiger partial charge on any atom is -0.479 e. The topological polar surface area (TPSA) is 73.1 Å². The van der Waals surface area contributed by atoms with Crippen molar-refractivity contribution in [3.05, 3.63) is 41.7 Å². The number of ether oxygens (including phenoxy) is 1. The molecule has 0 spiro atoms. The van der Waals surface area contributed by atoms with E-state index in [0.29, 0.717) is 23.4 Å². The molecule has 1 heterocycles. The van der Waals surface area contributed by atoms with Gasteiger partial charge in [-0.2, -0.15) is 4.98 Å². The predicted molar refractivity (Wildman–Crippen MR) is 78.9 cm³/mol. The van der Waals surface area contributed by atoms with Crippen molar-refractivity contribution in [2.24, 2.45) is 0 Å². The van der Waals surface area contributed by atoms with Gasteiger partial charge in [0.15, 0.2) is 5.82 Å². The predicted octanol–water partition coefficient (Wildman–Crippen LogP) is 2.04. The molecule has 0 aliphatic heterocycles. The van der Waals surface area contributed by atoms with Crippen LogP contribution < -0.4 is 15.8 Å². The van der Waals surface area contributed by atoms with Gasteiger partial charge in [0, 0.05) is 6.04 Å². The van der Waals surface area contributed by atoms with Crippen LogP contribution in [0, 0.1) is 0 Å². The van der Waals surface area contributed by atoms with Crippen LogP contribution in [0.15, 0.2) is 30.6 Å². The third-order valence-corrected chi connectivity index (χ3v) is 3.73. The van der Waals surface area contributed by atoms with Gasteiger partial charge in [-0.1, -0.05) is 24.3 Å². The molecule has 0 saturated heterocycles. The van der Waals surface area contributed by atoms with Crippen molar-refractivity contribution in [2.75, 3.05) is 18.2 Å². The second kappa shape index (κ2) is 5.36. The van der Waals surface area contributed by atoms with Crippen LogP contribution in [0.2, 0.25) is 0 Å². The number of anilines is 2. The van der Waals surface area contributed by atoms with E-state index >= 15 is 0 Å². The number of nitrogens with two attached hydrogens (primary N) is 1. The van der Waals surface area contributed by atoms with Crippen LogP contribution in [0.25, 0.3) is 0 Å². The summed E-state index contributed by atoms with van der Waals surface area (Å²) in [6, 6.07) is 8.91. The van der Waals surface area contributed by atoms with Gasteiger partial charge in [0.1, 0.15) is 12.0 Å². The number of benzene rings is 1. The molecule has 1 aliphatic carbocycles. The molecular weight excluding hydrogens is 252 g/mol. The smallest absolute Gasteiger partial charge is 0.242 e. The van der Waals surface area contributed by atoms with Gasteiger partial charge in [-0.05, 0) is 30.4 Å². The normalized spacial score (nSPS) is 17.4. The maximum absolute atomic E-state index is 5.99. The Labute approximate surface area is 118 Å². The number of fused-ring (bicyclic) bond motifs is 1. The molecule has 0 fully saturated rings. The molecule has 1 atom stereocenters. The first-order chi connectivity index (χ1) is 9.78. The quantitative estimate of drug-likeness (QED) is 0.893. The Balaban J connectivity index is 1.77. The van der Waals surface area contributed by atoms with Crippen LogP contribution in [-0.2, 0) is 12.8 Å². The maximum Gasteiger partial charge on any atom is 0.242 e. The summed E-state index contributed by atoms with van der Waals surface area (Å²) in [7, 11) is 1.55. The molecule has 0 amide bonds. The largest absolute Gasteiger partial charge is 0.479 e. The zero-order valence-electron chi connectivity index (χ0n) is 11.5. The molecule has 5 nitrogen and oxygen atoms in total.